The van der Waals surface area contributed by atoms with Crippen LogP contribution in [0.2, 0.25) is 0 Å². The van der Waals surface area contributed by atoms with E-state index in [1.54, 1.807) is 0 Å². The molecule has 0 N–H and O–H groups in total. The molecule has 2 nitrogen and oxygen atoms in total. The molecule has 12 heavy (non-hydrogen) atoms. The number of hydrogen-bond donors (Lipinski definition) is 0. The van der Waals surface area contributed by atoms with Gasteiger partial charge in [0, 0.05) is 17.9 Å². The van der Waals surface area contributed by atoms with E-state index in [-0.39, 0.29) is 5.72 Å². The smallest absolute Gasteiger partial charge is 0.169 e. The Morgan fingerprint density at radius 2 is 1.33 bits per heavy atom. The summed E-state index contributed by atoms with van der Waals surface area (Å²) in [6, 6.07) is 0.495. The molecule has 0 aromatic rings. The third-order valence-corrected chi connectivity index (χ3v) is 2.68. The summed E-state index contributed by atoms with van der Waals surface area (Å²) < 4.78 is 0. The van der Waals surface area contributed by atoms with Crippen LogP contribution in [0.15, 0.2) is 0 Å². The zero-order valence-corrected chi connectivity index (χ0v) is 9.09. The second-order valence-electron chi connectivity index (χ2n) is 4.57. The van der Waals surface area contributed by atoms with Crippen molar-refractivity contribution in [1.29, 1.82) is 0 Å². The first-order valence-electron chi connectivity index (χ1n) is 4.91. The minimum atomic E-state index is 0.0220. The van der Waals surface area contributed by atoms with E-state index < -0.39 is 0 Å². The Hall–Kier alpha value is -0.0800. The van der Waals surface area contributed by atoms with Crippen molar-refractivity contribution in [3.8, 4) is 0 Å². The van der Waals surface area contributed by atoms with Crippen molar-refractivity contribution in [1.82, 2.24) is 5.06 Å². The van der Waals surface area contributed by atoms with Crippen LogP contribution in [0.4, 0.5) is 0 Å². The van der Waals surface area contributed by atoms with Crippen LogP contribution < -0.4 is 0 Å². The van der Waals surface area contributed by atoms with Gasteiger partial charge in [-0.15, -0.1) is 0 Å². The molecule has 0 aliphatic carbocycles. The normalized spacial score (nSPS) is 27.2. The molecule has 0 spiro atoms. The van der Waals surface area contributed by atoms with Gasteiger partial charge in [0.05, 0.1) is 0 Å². The van der Waals surface area contributed by atoms with E-state index in [9.17, 15) is 0 Å². The largest absolute Gasteiger partial charge is 0.271 e. The maximum absolute atomic E-state index is 5.72. The van der Waals surface area contributed by atoms with E-state index in [2.05, 4.69) is 46.6 Å². The predicted molar refractivity (Wildman–Crippen MR) is 50.5 cm³/mol. The fraction of sp³-hybridized carbons (Fsp3) is 1.00. The molecular formula is C10H21NO. The van der Waals surface area contributed by atoms with Gasteiger partial charge in [0.15, 0.2) is 5.72 Å². The number of hydroxylamine groups is 2. The molecule has 0 saturated carbocycles. The van der Waals surface area contributed by atoms with E-state index in [0.717, 1.165) is 0 Å². The summed E-state index contributed by atoms with van der Waals surface area (Å²) in [4.78, 5) is 5.72. The fourth-order valence-corrected chi connectivity index (χ4v) is 2.03. The molecule has 1 fully saturated rings. The van der Waals surface area contributed by atoms with Gasteiger partial charge in [0.1, 0.15) is 0 Å². The number of hydrogen-bond acceptors (Lipinski definition) is 2. The molecule has 0 radical (unpaired) electrons. The van der Waals surface area contributed by atoms with Gasteiger partial charge < -0.3 is 0 Å². The highest BCUT2D eigenvalue weighted by Crippen LogP contribution is 2.48. The molecule has 0 aromatic heterocycles. The Bertz CT molecular complexity index is 155. The molecule has 1 saturated heterocycles. The van der Waals surface area contributed by atoms with Crippen LogP contribution in [0.5, 0.6) is 0 Å². The van der Waals surface area contributed by atoms with Crippen molar-refractivity contribution in [3.05, 3.63) is 0 Å². The zero-order valence-electron chi connectivity index (χ0n) is 9.09. The molecule has 72 valence electrons. The summed E-state index contributed by atoms with van der Waals surface area (Å²) >= 11 is 0. The first kappa shape index (κ1) is 10.0. The van der Waals surface area contributed by atoms with Crippen LogP contribution in [0, 0.1) is 11.8 Å². The second kappa shape index (κ2) is 3.00. The van der Waals surface area contributed by atoms with Gasteiger partial charge in [-0.2, -0.15) is 5.06 Å². The summed E-state index contributed by atoms with van der Waals surface area (Å²) in [7, 11) is 0. The van der Waals surface area contributed by atoms with E-state index >= 15 is 0 Å². The van der Waals surface area contributed by atoms with E-state index in [1.165, 1.54) is 0 Å². The van der Waals surface area contributed by atoms with Gasteiger partial charge in [-0.05, 0) is 13.8 Å². The standard InChI is InChI=1S/C10H21NO/c1-7(2)10(8(3)4)11(12-10)9(5)6/h7-9H,1-6H3. The van der Waals surface area contributed by atoms with Crippen molar-refractivity contribution in [2.24, 2.45) is 11.8 Å². The van der Waals surface area contributed by atoms with Gasteiger partial charge in [-0.3, -0.25) is 4.84 Å². The molecule has 2 heteroatoms. The van der Waals surface area contributed by atoms with E-state index in [4.69, 9.17) is 4.84 Å². The van der Waals surface area contributed by atoms with E-state index in [1.807, 2.05) is 0 Å². The molecule has 1 aliphatic rings. The summed E-state index contributed by atoms with van der Waals surface area (Å²) in [5, 5.41) is 2.13. The monoisotopic (exact) mass is 171 g/mol. The van der Waals surface area contributed by atoms with Gasteiger partial charge in [-0.25, -0.2) is 0 Å². The summed E-state index contributed by atoms with van der Waals surface area (Å²) in [6.45, 7) is 13.2. The van der Waals surface area contributed by atoms with Crippen LogP contribution in [0.25, 0.3) is 0 Å². The topological polar surface area (TPSA) is 15.5 Å². The van der Waals surface area contributed by atoms with Crippen molar-refractivity contribution in [3.63, 3.8) is 0 Å². The average Bonchev–Trinajstić information content (AvgIpc) is 2.60. The van der Waals surface area contributed by atoms with Gasteiger partial charge in [0.2, 0.25) is 0 Å². The molecule has 0 amide bonds. The minimum absolute atomic E-state index is 0.0220. The maximum atomic E-state index is 5.72. The van der Waals surface area contributed by atoms with Gasteiger partial charge >= 0.3 is 0 Å². The summed E-state index contributed by atoms with van der Waals surface area (Å²) in [5.74, 6) is 1.14. The number of nitrogens with zero attached hydrogens (tertiary/aromatic N) is 1. The molecule has 1 unspecified atom stereocenters. The average molecular weight is 171 g/mol. The zero-order chi connectivity index (χ0) is 9.52. The van der Waals surface area contributed by atoms with Gasteiger partial charge in [-0.1, -0.05) is 27.7 Å². The highest BCUT2D eigenvalue weighted by Gasteiger charge is 2.60. The number of rotatable bonds is 3. The molecule has 0 aromatic carbocycles. The van der Waals surface area contributed by atoms with Crippen LogP contribution in [-0.2, 0) is 4.84 Å². The Balaban J connectivity index is 2.69. The van der Waals surface area contributed by atoms with Crippen molar-refractivity contribution in [2.45, 2.75) is 53.3 Å². The first-order valence-corrected chi connectivity index (χ1v) is 4.91. The van der Waals surface area contributed by atoms with Crippen molar-refractivity contribution >= 4 is 0 Å². The highest BCUT2D eigenvalue weighted by atomic mass is 16.9. The Morgan fingerprint density at radius 1 is 0.917 bits per heavy atom. The molecular weight excluding hydrogens is 150 g/mol. The fourth-order valence-electron chi connectivity index (χ4n) is 2.03. The predicted octanol–water partition coefficient (Wildman–Crippen LogP) is 2.65. The molecule has 1 rings (SSSR count). The quantitative estimate of drug-likeness (QED) is 0.607. The Labute approximate surface area is 75.8 Å². The van der Waals surface area contributed by atoms with Gasteiger partial charge in [0.25, 0.3) is 0 Å². The summed E-state index contributed by atoms with van der Waals surface area (Å²) in [6.07, 6.45) is 0. The van der Waals surface area contributed by atoms with Crippen LogP contribution in [-0.4, -0.2) is 16.8 Å². The molecule has 1 atom stereocenters. The van der Waals surface area contributed by atoms with Crippen molar-refractivity contribution < 1.29 is 4.84 Å². The first-order chi connectivity index (χ1) is 5.43. The molecule has 1 aliphatic heterocycles. The van der Waals surface area contributed by atoms with E-state index in [0.29, 0.717) is 17.9 Å². The second-order valence-corrected chi connectivity index (χ2v) is 4.57. The van der Waals surface area contributed by atoms with Crippen LogP contribution in [0.3, 0.4) is 0 Å². The Kier molecular flexibility index (Phi) is 2.50. The lowest BCUT2D eigenvalue weighted by molar-refractivity contribution is 0.150. The minimum Gasteiger partial charge on any atom is -0.271 e. The van der Waals surface area contributed by atoms with Crippen LogP contribution >= 0.6 is 0 Å². The molecule has 0 bridgehead atoms. The summed E-state index contributed by atoms with van der Waals surface area (Å²) in [5.41, 5.74) is 0.0220. The highest BCUT2D eigenvalue weighted by molar-refractivity contribution is 4.94. The van der Waals surface area contributed by atoms with Crippen LogP contribution in [0.1, 0.15) is 41.5 Å². The lowest BCUT2D eigenvalue weighted by Gasteiger charge is -2.21. The third kappa shape index (κ3) is 1.27. The maximum Gasteiger partial charge on any atom is 0.169 e. The third-order valence-electron chi connectivity index (χ3n) is 2.68. The lowest BCUT2D eigenvalue weighted by Crippen LogP contribution is -2.33. The lowest BCUT2D eigenvalue weighted by atomic mass is 9.90. The van der Waals surface area contributed by atoms with Crippen molar-refractivity contribution in [2.75, 3.05) is 0 Å². The SMILES string of the molecule is CC(C)N1OC1(C(C)C)C(C)C. The molecule has 1 heterocycles. The Morgan fingerprint density at radius 3 is 1.42 bits per heavy atom.